The van der Waals surface area contributed by atoms with Crippen LogP contribution >= 0.6 is 0 Å². The third-order valence-corrected chi connectivity index (χ3v) is 11.8. The highest BCUT2D eigenvalue weighted by atomic mass is 28.4. The highest BCUT2D eigenvalue weighted by Gasteiger charge is 2.37. The number of hydrogen-bond donors (Lipinski definition) is 1. The molecule has 0 radical (unpaired) electrons. The van der Waals surface area contributed by atoms with E-state index in [2.05, 4.69) is 33.9 Å². The Bertz CT molecular complexity index is 1070. The quantitative estimate of drug-likeness (QED) is 0.205. The summed E-state index contributed by atoms with van der Waals surface area (Å²) in [7, 11) is 2.56. The summed E-state index contributed by atoms with van der Waals surface area (Å²) in [6, 6.07) is 9.12. The van der Waals surface area contributed by atoms with Crippen LogP contribution in [-0.2, 0) is 34.7 Å². The van der Waals surface area contributed by atoms with Crippen LogP contribution in [0.15, 0.2) is 30.3 Å². The molecule has 1 heterocycles. The number of aliphatic hydroxyl groups excluding tert-OH is 1. The monoisotopic (exact) mass is 594 g/mol. The van der Waals surface area contributed by atoms with Gasteiger partial charge in [-0.2, -0.15) is 0 Å². The molecule has 0 bridgehead atoms. The summed E-state index contributed by atoms with van der Waals surface area (Å²) in [4.78, 5) is 0. The van der Waals surface area contributed by atoms with Crippen LogP contribution in [-0.4, -0.2) is 68.3 Å². The molecule has 1 N–H and O–H groups in total. The second kappa shape index (κ2) is 15.3. The van der Waals surface area contributed by atoms with Crippen LogP contribution in [0.5, 0.6) is 17.2 Å². The summed E-state index contributed by atoms with van der Waals surface area (Å²) in [5.74, 6) is 1.16. The smallest absolute Gasteiger partial charge is 0.192 e. The Balaban J connectivity index is 2.15. The number of hydrogen-bond acceptors (Lipinski definition) is 10. The van der Waals surface area contributed by atoms with Gasteiger partial charge in [0, 0.05) is 32.5 Å². The van der Waals surface area contributed by atoms with Gasteiger partial charge in [0.15, 0.2) is 35.0 Å². The van der Waals surface area contributed by atoms with E-state index in [1.807, 2.05) is 24.3 Å². The average Bonchev–Trinajstić information content (AvgIpc) is 2.96. The van der Waals surface area contributed by atoms with Gasteiger partial charge in [-0.25, -0.2) is 0 Å². The molecule has 1 aliphatic rings. The highest BCUT2D eigenvalue weighted by Crippen LogP contribution is 2.45. The molecule has 1 unspecified atom stereocenters. The third-order valence-electron chi connectivity index (χ3n) is 7.29. The molecule has 0 spiro atoms. The zero-order chi connectivity index (χ0) is 30.0. The van der Waals surface area contributed by atoms with Crippen molar-refractivity contribution in [3.8, 4) is 17.2 Å². The van der Waals surface area contributed by atoms with Gasteiger partial charge in [0.05, 0.1) is 25.4 Å². The molecule has 1 fully saturated rings. The lowest BCUT2D eigenvalue weighted by Crippen LogP contribution is -2.40. The fraction of sp³-hybridized carbons (Fsp3) is 0.600. The highest BCUT2D eigenvalue weighted by molar-refractivity contribution is 6.74. The first-order valence-electron chi connectivity index (χ1n) is 13.7. The second-order valence-electron chi connectivity index (χ2n) is 11.3. The van der Waals surface area contributed by atoms with E-state index in [1.54, 1.807) is 6.07 Å². The second-order valence-corrected chi connectivity index (χ2v) is 16.1. The van der Waals surface area contributed by atoms with Crippen LogP contribution in [0.4, 0.5) is 0 Å². The summed E-state index contributed by atoms with van der Waals surface area (Å²) in [6.07, 6.45) is -1.15. The maximum absolute atomic E-state index is 12.1. The molecule has 0 aliphatic carbocycles. The molecule has 0 aromatic heterocycles. The average molecular weight is 595 g/mol. The van der Waals surface area contributed by atoms with Gasteiger partial charge < -0.3 is 47.4 Å². The van der Waals surface area contributed by atoms with E-state index in [9.17, 15) is 5.11 Å². The van der Waals surface area contributed by atoms with Crippen molar-refractivity contribution < 1.29 is 47.4 Å². The van der Waals surface area contributed by atoms with Crippen molar-refractivity contribution in [3.05, 3.63) is 52.6 Å². The maximum Gasteiger partial charge on any atom is 0.192 e. The topological polar surface area (TPSA) is 103 Å². The molecule has 2 aromatic rings. The van der Waals surface area contributed by atoms with E-state index in [0.717, 1.165) is 12.0 Å². The van der Waals surface area contributed by atoms with Crippen molar-refractivity contribution in [2.24, 2.45) is 0 Å². The molecule has 230 valence electrons. The zero-order valence-electron chi connectivity index (χ0n) is 25.6. The molecule has 0 saturated carbocycles. The Morgan fingerprint density at radius 3 is 1.90 bits per heavy atom. The van der Waals surface area contributed by atoms with Crippen LogP contribution < -0.4 is 14.2 Å². The fourth-order valence-corrected chi connectivity index (χ4v) is 5.05. The van der Waals surface area contributed by atoms with Crippen molar-refractivity contribution in [2.75, 3.05) is 54.9 Å². The van der Waals surface area contributed by atoms with Gasteiger partial charge in [-0.3, -0.25) is 0 Å². The van der Waals surface area contributed by atoms with E-state index in [4.69, 9.17) is 42.3 Å². The molecule has 41 heavy (non-hydrogen) atoms. The minimum Gasteiger partial charge on any atom is -0.467 e. The number of methoxy groups -OCH3 is 3. The summed E-state index contributed by atoms with van der Waals surface area (Å²) in [6.45, 7) is 12.3. The van der Waals surface area contributed by atoms with E-state index < -0.39 is 20.7 Å². The molecule has 1 saturated heterocycles. The number of benzene rings is 2. The normalized spacial score (nSPS) is 15.5. The lowest BCUT2D eigenvalue weighted by Gasteiger charge is -2.36. The standard InChI is InChI=1S/C30H46O10Si/c1-30(2,3)41(7,8)40-17-21-15-24(38-19-33-5)27(25(16-21)39-20-34-6)28(31)26-22(29-35-13-10-14-36-29)11-9-12-23(26)37-18-32-4/h9,11-12,15-16,28-29,31H,10,13-14,17-20H2,1-8H3. The Morgan fingerprint density at radius 2 is 1.39 bits per heavy atom. The number of ether oxygens (including phenoxy) is 8. The molecule has 3 rings (SSSR count). The Kier molecular flexibility index (Phi) is 12.4. The van der Waals surface area contributed by atoms with Crippen LogP contribution in [0, 0.1) is 0 Å². The molecule has 11 heteroatoms. The van der Waals surface area contributed by atoms with Gasteiger partial charge in [0.1, 0.15) is 23.4 Å². The predicted molar refractivity (Wildman–Crippen MR) is 156 cm³/mol. The molecule has 10 nitrogen and oxygen atoms in total. The SMILES string of the molecule is COCOc1cc(CO[Si](C)(C)C(C)(C)C)cc(OCOC)c1C(O)c1c(OCOC)cccc1C1OCCCO1. The first-order chi connectivity index (χ1) is 19.5. The van der Waals surface area contributed by atoms with Crippen molar-refractivity contribution in [3.63, 3.8) is 0 Å². The minimum absolute atomic E-state index is 0.0145. The molecule has 2 aromatic carbocycles. The van der Waals surface area contributed by atoms with Crippen LogP contribution in [0.2, 0.25) is 18.1 Å². The summed E-state index contributed by atoms with van der Waals surface area (Å²) >= 11 is 0. The van der Waals surface area contributed by atoms with E-state index in [-0.39, 0.29) is 25.4 Å². The van der Waals surface area contributed by atoms with Crippen molar-refractivity contribution in [2.45, 2.75) is 64.3 Å². The minimum atomic E-state index is -2.04. The summed E-state index contributed by atoms with van der Waals surface area (Å²) < 4.78 is 51.9. The van der Waals surface area contributed by atoms with E-state index >= 15 is 0 Å². The van der Waals surface area contributed by atoms with Gasteiger partial charge >= 0.3 is 0 Å². The van der Waals surface area contributed by atoms with Gasteiger partial charge in [0.2, 0.25) is 0 Å². The largest absolute Gasteiger partial charge is 0.467 e. The molecular weight excluding hydrogens is 548 g/mol. The Hall–Kier alpha value is -2.22. The van der Waals surface area contributed by atoms with Crippen molar-refractivity contribution >= 4 is 8.32 Å². The maximum atomic E-state index is 12.1. The first kappa shape index (κ1) is 33.3. The van der Waals surface area contributed by atoms with E-state index in [0.29, 0.717) is 53.8 Å². The molecular formula is C30H46O10Si. The molecule has 1 atom stereocenters. The van der Waals surface area contributed by atoms with Gasteiger partial charge in [-0.1, -0.05) is 32.9 Å². The Labute approximate surface area is 244 Å². The Morgan fingerprint density at radius 1 is 0.854 bits per heavy atom. The summed E-state index contributed by atoms with van der Waals surface area (Å²) in [5, 5.41) is 12.1. The number of aliphatic hydroxyl groups is 1. The lowest BCUT2D eigenvalue weighted by molar-refractivity contribution is -0.183. The fourth-order valence-electron chi connectivity index (χ4n) is 4.09. The van der Waals surface area contributed by atoms with Gasteiger partial charge in [-0.15, -0.1) is 0 Å². The van der Waals surface area contributed by atoms with Crippen LogP contribution in [0.25, 0.3) is 0 Å². The summed E-state index contributed by atoms with van der Waals surface area (Å²) in [5.41, 5.74) is 2.28. The van der Waals surface area contributed by atoms with Crippen molar-refractivity contribution in [1.82, 2.24) is 0 Å². The third kappa shape index (κ3) is 8.65. The van der Waals surface area contributed by atoms with Crippen molar-refractivity contribution in [1.29, 1.82) is 0 Å². The molecule has 0 amide bonds. The van der Waals surface area contributed by atoms with Crippen LogP contribution in [0.3, 0.4) is 0 Å². The van der Waals surface area contributed by atoms with Gasteiger partial charge in [-0.05, 0) is 48.3 Å². The predicted octanol–water partition coefficient (Wildman–Crippen LogP) is 5.67. The zero-order valence-corrected chi connectivity index (χ0v) is 26.6. The number of rotatable bonds is 15. The van der Waals surface area contributed by atoms with E-state index in [1.165, 1.54) is 21.3 Å². The van der Waals surface area contributed by atoms with Crippen LogP contribution in [0.1, 0.15) is 61.8 Å². The first-order valence-corrected chi connectivity index (χ1v) is 16.6. The molecule has 1 aliphatic heterocycles. The lowest BCUT2D eigenvalue weighted by atomic mass is 9.93. The van der Waals surface area contributed by atoms with Gasteiger partial charge in [0.25, 0.3) is 0 Å².